The predicted octanol–water partition coefficient (Wildman–Crippen LogP) is 4.12. The second-order valence-corrected chi connectivity index (χ2v) is 8.00. The maximum Gasteiger partial charge on any atom is 0.254 e. The van der Waals surface area contributed by atoms with Crippen LogP contribution in [0.5, 0.6) is 0 Å². The third-order valence-electron chi connectivity index (χ3n) is 5.92. The van der Waals surface area contributed by atoms with Gasteiger partial charge in [-0.3, -0.25) is 14.9 Å². The van der Waals surface area contributed by atoms with Gasteiger partial charge in [0.05, 0.1) is 23.6 Å². The maximum atomic E-state index is 13.2. The Morgan fingerprint density at radius 2 is 2.07 bits per heavy atom. The van der Waals surface area contributed by atoms with Gasteiger partial charge in [-0.05, 0) is 55.7 Å². The number of aromatic nitrogens is 4. The molecule has 1 saturated heterocycles. The summed E-state index contributed by atoms with van der Waals surface area (Å²) in [6, 6.07) is 10.1. The molecule has 1 amide bonds. The first-order chi connectivity index (χ1) is 14.6. The third-order valence-corrected chi connectivity index (χ3v) is 5.92. The average molecular weight is 403 g/mol. The molecule has 5 rings (SSSR count). The van der Waals surface area contributed by atoms with Crippen molar-refractivity contribution in [3.63, 3.8) is 0 Å². The van der Waals surface area contributed by atoms with Crippen molar-refractivity contribution in [3.05, 3.63) is 72.6 Å². The molecule has 0 radical (unpaired) electrons. The van der Waals surface area contributed by atoms with Crippen LogP contribution in [-0.2, 0) is 6.54 Å². The third kappa shape index (κ3) is 3.36. The summed E-state index contributed by atoms with van der Waals surface area (Å²) in [6.07, 6.45) is 8.51. The standard InChI is InChI=1S/C23H22FN5O/c1-15-8-16(14-29(15)23(30)17-2-4-20(24)5-3-17)13-28-7-6-18-9-21(25-12-22(18)28)19-10-26-27-11-19/h2-7,9-12,15-16H,8,13-14H2,1H3,(H,26,27)/t15-,16-/m1/s1. The molecule has 3 aromatic heterocycles. The first-order valence-corrected chi connectivity index (χ1v) is 10.1. The molecule has 6 nitrogen and oxygen atoms in total. The van der Waals surface area contributed by atoms with Crippen LogP contribution in [0.4, 0.5) is 4.39 Å². The Bertz CT molecular complexity index is 1180. The maximum absolute atomic E-state index is 13.2. The highest BCUT2D eigenvalue weighted by atomic mass is 19.1. The topological polar surface area (TPSA) is 66.8 Å². The Hall–Kier alpha value is -3.48. The van der Waals surface area contributed by atoms with Crippen LogP contribution in [0.2, 0.25) is 0 Å². The van der Waals surface area contributed by atoms with Crippen LogP contribution in [0.25, 0.3) is 22.2 Å². The van der Waals surface area contributed by atoms with Crippen LogP contribution in [0.1, 0.15) is 23.7 Å². The summed E-state index contributed by atoms with van der Waals surface area (Å²) in [4.78, 5) is 19.3. The number of hydrogen-bond donors (Lipinski definition) is 1. The fourth-order valence-corrected chi connectivity index (χ4v) is 4.39. The molecule has 152 valence electrons. The van der Waals surface area contributed by atoms with E-state index in [9.17, 15) is 9.18 Å². The molecule has 0 aliphatic carbocycles. The molecule has 4 aromatic rings. The molecule has 0 bridgehead atoms. The summed E-state index contributed by atoms with van der Waals surface area (Å²) in [5.74, 6) is -0.00903. The van der Waals surface area contributed by atoms with Gasteiger partial charge >= 0.3 is 0 Å². The summed E-state index contributed by atoms with van der Waals surface area (Å²) in [7, 11) is 0. The summed E-state index contributed by atoms with van der Waals surface area (Å²) >= 11 is 0. The molecule has 2 atom stereocenters. The number of H-pyrrole nitrogens is 1. The van der Waals surface area contributed by atoms with E-state index in [1.807, 2.05) is 17.3 Å². The molecule has 4 heterocycles. The smallest absolute Gasteiger partial charge is 0.254 e. The van der Waals surface area contributed by atoms with Crippen molar-refractivity contribution < 1.29 is 9.18 Å². The van der Waals surface area contributed by atoms with Gasteiger partial charge in [0, 0.05) is 48.0 Å². The van der Waals surface area contributed by atoms with Gasteiger partial charge in [-0.1, -0.05) is 0 Å². The second-order valence-electron chi connectivity index (χ2n) is 8.00. The van der Waals surface area contributed by atoms with Gasteiger partial charge in [-0.15, -0.1) is 0 Å². The summed E-state index contributed by atoms with van der Waals surface area (Å²) < 4.78 is 15.4. The van der Waals surface area contributed by atoms with Crippen molar-refractivity contribution in [1.82, 2.24) is 24.6 Å². The molecule has 0 saturated carbocycles. The number of carbonyl (C=O) groups excluding carboxylic acids is 1. The van der Waals surface area contributed by atoms with E-state index in [0.717, 1.165) is 35.1 Å². The van der Waals surface area contributed by atoms with Gasteiger partial charge in [0.1, 0.15) is 5.82 Å². The van der Waals surface area contributed by atoms with Gasteiger partial charge in [-0.25, -0.2) is 4.39 Å². The predicted molar refractivity (Wildman–Crippen MR) is 112 cm³/mol. The lowest BCUT2D eigenvalue weighted by Gasteiger charge is -2.21. The quantitative estimate of drug-likeness (QED) is 0.557. The van der Waals surface area contributed by atoms with Gasteiger partial charge in [0.15, 0.2) is 0 Å². The first kappa shape index (κ1) is 18.5. The highest BCUT2D eigenvalue weighted by molar-refractivity contribution is 5.94. The Morgan fingerprint density at radius 1 is 1.23 bits per heavy atom. The van der Waals surface area contributed by atoms with Crippen molar-refractivity contribution in [2.24, 2.45) is 5.92 Å². The number of halogens is 1. The van der Waals surface area contributed by atoms with Crippen molar-refractivity contribution in [2.75, 3.05) is 6.54 Å². The number of nitrogens with one attached hydrogen (secondary N) is 1. The van der Waals surface area contributed by atoms with Crippen LogP contribution in [0.3, 0.4) is 0 Å². The van der Waals surface area contributed by atoms with Crippen LogP contribution < -0.4 is 0 Å². The van der Waals surface area contributed by atoms with E-state index in [4.69, 9.17) is 0 Å². The summed E-state index contributed by atoms with van der Waals surface area (Å²) in [6.45, 7) is 3.60. The zero-order valence-electron chi connectivity index (χ0n) is 16.6. The fraction of sp³-hybridized carbons (Fsp3) is 0.261. The van der Waals surface area contributed by atoms with Gasteiger partial charge in [-0.2, -0.15) is 5.10 Å². The molecule has 1 aromatic carbocycles. The second kappa shape index (κ2) is 7.40. The zero-order chi connectivity index (χ0) is 20.7. The normalized spacial score (nSPS) is 18.9. The largest absolute Gasteiger partial charge is 0.346 e. The van der Waals surface area contributed by atoms with Crippen molar-refractivity contribution in [3.8, 4) is 11.3 Å². The Labute approximate surface area is 173 Å². The minimum absolute atomic E-state index is 0.0335. The van der Waals surface area contributed by atoms with E-state index in [1.165, 1.54) is 12.1 Å². The van der Waals surface area contributed by atoms with Crippen LogP contribution in [-0.4, -0.2) is 43.1 Å². The highest BCUT2D eigenvalue weighted by Crippen LogP contribution is 2.28. The number of rotatable bonds is 4. The van der Waals surface area contributed by atoms with Gasteiger partial charge < -0.3 is 9.47 Å². The number of carbonyl (C=O) groups is 1. The Balaban J connectivity index is 1.32. The fourth-order valence-electron chi connectivity index (χ4n) is 4.39. The zero-order valence-corrected chi connectivity index (χ0v) is 16.6. The van der Waals surface area contributed by atoms with Crippen molar-refractivity contribution in [1.29, 1.82) is 0 Å². The van der Waals surface area contributed by atoms with E-state index < -0.39 is 0 Å². The van der Waals surface area contributed by atoms with Crippen LogP contribution in [0.15, 0.2) is 61.2 Å². The number of benzene rings is 1. The van der Waals surface area contributed by atoms with E-state index in [1.54, 1.807) is 18.3 Å². The number of nitrogens with zero attached hydrogens (tertiary/aromatic N) is 4. The lowest BCUT2D eigenvalue weighted by Crippen LogP contribution is -2.34. The Kier molecular flexibility index (Phi) is 4.58. The number of hydrogen-bond acceptors (Lipinski definition) is 3. The minimum Gasteiger partial charge on any atom is -0.346 e. The molecule has 30 heavy (non-hydrogen) atoms. The molecule has 1 fully saturated rings. The molecular formula is C23H22FN5O. The van der Waals surface area contributed by atoms with Gasteiger partial charge in [0.25, 0.3) is 5.91 Å². The molecule has 1 N–H and O–H groups in total. The highest BCUT2D eigenvalue weighted by Gasteiger charge is 2.33. The monoisotopic (exact) mass is 403 g/mol. The molecule has 1 aliphatic rings. The van der Waals surface area contributed by atoms with E-state index in [-0.39, 0.29) is 17.8 Å². The van der Waals surface area contributed by atoms with E-state index >= 15 is 0 Å². The first-order valence-electron chi connectivity index (χ1n) is 10.1. The molecule has 0 unspecified atom stereocenters. The number of pyridine rings is 1. The van der Waals surface area contributed by atoms with Crippen LogP contribution >= 0.6 is 0 Å². The summed E-state index contributed by atoms with van der Waals surface area (Å²) in [5, 5.41) is 7.93. The molecule has 1 aliphatic heterocycles. The van der Waals surface area contributed by atoms with Gasteiger partial charge in [0.2, 0.25) is 0 Å². The number of amides is 1. The number of aromatic amines is 1. The van der Waals surface area contributed by atoms with Crippen LogP contribution in [0, 0.1) is 11.7 Å². The molecular weight excluding hydrogens is 381 g/mol. The van der Waals surface area contributed by atoms with E-state index in [2.05, 4.69) is 45.0 Å². The molecule has 7 heteroatoms. The molecule has 0 spiro atoms. The minimum atomic E-state index is -0.331. The lowest BCUT2D eigenvalue weighted by molar-refractivity contribution is 0.0742. The van der Waals surface area contributed by atoms with E-state index in [0.29, 0.717) is 18.0 Å². The number of likely N-dealkylation sites (tertiary alicyclic amines) is 1. The lowest BCUT2D eigenvalue weighted by atomic mass is 10.1. The van der Waals surface area contributed by atoms with Crippen molar-refractivity contribution >= 4 is 16.8 Å². The Morgan fingerprint density at radius 3 is 2.83 bits per heavy atom. The average Bonchev–Trinajstić information content (AvgIpc) is 3.49. The van der Waals surface area contributed by atoms with Crippen molar-refractivity contribution in [2.45, 2.75) is 25.9 Å². The number of fused-ring (bicyclic) bond motifs is 1. The summed E-state index contributed by atoms with van der Waals surface area (Å²) in [5.41, 5.74) is 3.47. The SMILES string of the molecule is C[C@@H]1C[C@H](Cn2ccc3cc(-c4cn[nH]c4)ncc32)CN1C(=O)c1ccc(F)cc1.